The van der Waals surface area contributed by atoms with Gasteiger partial charge in [-0.3, -0.25) is 4.79 Å². The molecule has 1 aromatic heterocycles. The van der Waals surface area contributed by atoms with Gasteiger partial charge in [0.25, 0.3) is 0 Å². The van der Waals surface area contributed by atoms with Gasteiger partial charge in [0.2, 0.25) is 11.8 Å². The van der Waals surface area contributed by atoms with Gasteiger partial charge in [-0.25, -0.2) is 0 Å². The van der Waals surface area contributed by atoms with Crippen molar-refractivity contribution >= 4 is 5.91 Å². The molecule has 17 heavy (non-hydrogen) atoms. The van der Waals surface area contributed by atoms with Gasteiger partial charge in [-0.2, -0.15) is 4.98 Å². The van der Waals surface area contributed by atoms with Crippen LogP contribution in [0, 0.1) is 6.92 Å². The minimum atomic E-state index is 0.238. The molecule has 94 valence electrons. The van der Waals surface area contributed by atoms with Crippen molar-refractivity contribution in [2.45, 2.75) is 45.4 Å². The van der Waals surface area contributed by atoms with E-state index >= 15 is 0 Å². The minimum absolute atomic E-state index is 0.238. The molecule has 0 spiro atoms. The van der Waals surface area contributed by atoms with Crippen molar-refractivity contribution in [1.29, 1.82) is 0 Å². The number of aromatic nitrogens is 2. The fourth-order valence-corrected chi connectivity index (χ4v) is 2.27. The van der Waals surface area contributed by atoms with E-state index < -0.39 is 0 Å². The summed E-state index contributed by atoms with van der Waals surface area (Å²) in [6, 6.07) is 0. The fraction of sp³-hybridized carbons (Fsp3) is 0.750. The molecule has 1 aliphatic heterocycles. The lowest BCUT2D eigenvalue weighted by Gasteiger charge is -2.31. The fourth-order valence-electron chi connectivity index (χ4n) is 2.27. The Balaban J connectivity index is 1.99. The first-order chi connectivity index (χ1) is 8.20. The molecule has 5 heteroatoms. The monoisotopic (exact) mass is 237 g/mol. The zero-order chi connectivity index (χ0) is 12.3. The van der Waals surface area contributed by atoms with E-state index in [1.165, 1.54) is 0 Å². The molecule has 5 nitrogen and oxygen atoms in total. The molecule has 0 radical (unpaired) electrons. The van der Waals surface area contributed by atoms with Crippen molar-refractivity contribution in [3.05, 3.63) is 11.7 Å². The summed E-state index contributed by atoms with van der Waals surface area (Å²) in [5.41, 5.74) is 0. The summed E-state index contributed by atoms with van der Waals surface area (Å²) in [5, 5.41) is 3.96. The maximum atomic E-state index is 11.8. The molecular formula is C12H19N3O2. The third-order valence-corrected chi connectivity index (χ3v) is 3.15. The molecule has 0 unspecified atom stereocenters. The molecule has 2 rings (SSSR count). The standard InChI is InChI=1S/C12H19N3O2/c1-3-5-11(16)15-7-4-6-10(8-15)12-13-9(2)17-14-12/h10H,3-8H2,1-2H3/t10-/m1/s1. The molecular weight excluding hydrogens is 218 g/mol. The number of amides is 1. The highest BCUT2D eigenvalue weighted by molar-refractivity contribution is 5.76. The number of carbonyl (C=O) groups excluding carboxylic acids is 1. The summed E-state index contributed by atoms with van der Waals surface area (Å²) in [4.78, 5) is 18.0. The Morgan fingerprint density at radius 1 is 1.59 bits per heavy atom. The van der Waals surface area contributed by atoms with E-state index in [2.05, 4.69) is 10.1 Å². The van der Waals surface area contributed by atoms with Gasteiger partial charge in [-0.1, -0.05) is 12.1 Å². The molecule has 1 amide bonds. The van der Waals surface area contributed by atoms with Crippen molar-refractivity contribution in [2.75, 3.05) is 13.1 Å². The number of nitrogens with zero attached hydrogens (tertiary/aromatic N) is 3. The van der Waals surface area contributed by atoms with E-state index in [1.54, 1.807) is 6.92 Å². The number of piperidine rings is 1. The predicted molar refractivity (Wildman–Crippen MR) is 62.5 cm³/mol. The zero-order valence-electron chi connectivity index (χ0n) is 10.5. The summed E-state index contributed by atoms with van der Waals surface area (Å²) in [6.07, 6.45) is 3.60. The summed E-state index contributed by atoms with van der Waals surface area (Å²) < 4.78 is 5.00. The van der Waals surface area contributed by atoms with Crippen LogP contribution in [0.5, 0.6) is 0 Å². The first-order valence-electron chi connectivity index (χ1n) is 6.28. The molecule has 1 aliphatic rings. The highest BCUT2D eigenvalue weighted by Crippen LogP contribution is 2.25. The number of carbonyl (C=O) groups is 1. The average Bonchev–Trinajstić information content (AvgIpc) is 2.76. The van der Waals surface area contributed by atoms with Gasteiger partial charge in [0, 0.05) is 32.4 Å². The number of hydrogen-bond acceptors (Lipinski definition) is 4. The van der Waals surface area contributed by atoms with Crippen LogP contribution >= 0.6 is 0 Å². The Hall–Kier alpha value is -1.39. The van der Waals surface area contributed by atoms with Gasteiger partial charge in [-0.15, -0.1) is 0 Å². The van der Waals surface area contributed by atoms with Crippen LogP contribution in [0.2, 0.25) is 0 Å². The third kappa shape index (κ3) is 2.84. The van der Waals surface area contributed by atoms with E-state index in [0.29, 0.717) is 12.3 Å². The van der Waals surface area contributed by atoms with Gasteiger partial charge in [0.1, 0.15) is 0 Å². The lowest BCUT2D eigenvalue weighted by molar-refractivity contribution is -0.132. The maximum absolute atomic E-state index is 11.8. The summed E-state index contributed by atoms with van der Waals surface area (Å²) in [5.74, 6) is 1.83. The first-order valence-corrected chi connectivity index (χ1v) is 6.28. The van der Waals surface area contributed by atoms with Crippen LogP contribution in [-0.2, 0) is 4.79 Å². The summed E-state index contributed by atoms with van der Waals surface area (Å²) in [7, 11) is 0. The third-order valence-electron chi connectivity index (χ3n) is 3.15. The SMILES string of the molecule is CCCC(=O)N1CCC[C@@H](c2noc(C)n2)C1. The Bertz CT molecular complexity index is 389. The molecule has 0 aromatic carbocycles. The highest BCUT2D eigenvalue weighted by atomic mass is 16.5. The Morgan fingerprint density at radius 2 is 2.41 bits per heavy atom. The van der Waals surface area contributed by atoms with E-state index in [1.807, 2.05) is 11.8 Å². The number of likely N-dealkylation sites (tertiary alicyclic amines) is 1. The van der Waals surface area contributed by atoms with Crippen LogP contribution < -0.4 is 0 Å². The van der Waals surface area contributed by atoms with Crippen molar-refractivity contribution in [1.82, 2.24) is 15.0 Å². The van der Waals surface area contributed by atoms with Crippen LogP contribution in [0.4, 0.5) is 0 Å². The summed E-state index contributed by atoms with van der Waals surface area (Å²) >= 11 is 0. The average molecular weight is 237 g/mol. The molecule has 0 N–H and O–H groups in total. The largest absolute Gasteiger partial charge is 0.342 e. The second-order valence-electron chi connectivity index (χ2n) is 4.60. The minimum Gasteiger partial charge on any atom is -0.342 e. The van der Waals surface area contributed by atoms with E-state index in [-0.39, 0.29) is 11.8 Å². The first kappa shape index (κ1) is 12.1. The Morgan fingerprint density at radius 3 is 3.06 bits per heavy atom. The summed E-state index contributed by atoms with van der Waals surface area (Å²) in [6.45, 7) is 5.42. The van der Waals surface area contributed by atoms with Gasteiger partial charge in [-0.05, 0) is 19.3 Å². The van der Waals surface area contributed by atoms with Crippen molar-refractivity contribution in [3.63, 3.8) is 0 Å². The van der Waals surface area contributed by atoms with E-state index in [0.717, 1.165) is 38.2 Å². The quantitative estimate of drug-likeness (QED) is 0.805. The Labute approximate surface area is 101 Å². The molecule has 1 aromatic rings. The second kappa shape index (κ2) is 5.29. The van der Waals surface area contributed by atoms with Crippen LogP contribution in [0.15, 0.2) is 4.52 Å². The number of aryl methyl sites for hydroxylation is 1. The highest BCUT2D eigenvalue weighted by Gasteiger charge is 2.27. The molecule has 1 atom stereocenters. The smallest absolute Gasteiger partial charge is 0.223 e. The lowest BCUT2D eigenvalue weighted by Crippen LogP contribution is -2.39. The van der Waals surface area contributed by atoms with Crippen molar-refractivity contribution in [2.24, 2.45) is 0 Å². The van der Waals surface area contributed by atoms with Crippen molar-refractivity contribution < 1.29 is 9.32 Å². The Kier molecular flexibility index (Phi) is 3.76. The van der Waals surface area contributed by atoms with E-state index in [9.17, 15) is 4.79 Å². The molecule has 2 heterocycles. The molecule has 0 bridgehead atoms. The van der Waals surface area contributed by atoms with Crippen molar-refractivity contribution in [3.8, 4) is 0 Å². The maximum Gasteiger partial charge on any atom is 0.223 e. The van der Waals surface area contributed by atoms with Gasteiger partial charge >= 0.3 is 0 Å². The molecule has 0 saturated carbocycles. The zero-order valence-corrected chi connectivity index (χ0v) is 10.5. The lowest BCUT2D eigenvalue weighted by atomic mass is 9.97. The normalized spacial score (nSPS) is 20.6. The van der Waals surface area contributed by atoms with Crippen LogP contribution in [0.1, 0.15) is 50.2 Å². The van der Waals surface area contributed by atoms with Crippen LogP contribution in [0.25, 0.3) is 0 Å². The number of rotatable bonds is 3. The van der Waals surface area contributed by atoms with Crippen LogP contribution in [-0.4, -0.2) is 34.0 Å². The topological polar surface area (TPSA) is 59.2 Å². The van der Waals surface area contributed by atoms with Gasteiger partial charge < -0.3 is 9.42 Å². The molecule has 1 saturated heterocycles. The second-order valence-corrected chi connectivity index (χ2v) is 4.60. The molecule has 0 aliphatic carbocycles. The van der Waals surface area contributed by atoms with Crippen LogP contribution in [0.3, 0.4) is 0 Å². The predicted octanol–water partition coefficient (Wildman–Crippen LogP) is 1.88. The molecule has 1 fully saturated rings. The van der Waals surface area contributed by atoms with Gasteiger partial charge in [0.05, 0.1) is 0 Å². The van der Waals surface area contributed by atoms with E-state index in [4.69, 9.17) is 4.52 Å². The number of hydrogen-bond donors (Lipinski definition) is 0. The van der Waals surface area contributed by atoms with Gasteiger partial charge in [0.15, 0.2) is 5.82 Å².